The summed E-state index contributed by atoms with van der Waals surface area (Å²) in [6.07, 6.45) is -0.838. The zero-order valence-corrected chi connectivity index (χ0v) is 12.0. The van der Waals surface area contributed by atoms with E-state index < -0.39 is 35.8 Å². The third-order valence-electron chi connectivity index (χ3n) is 2.34. The van der Waals surface area contributed by atoms with Crippen molar-refractivity contribution < 1.29 is 28.2 Å². The SMILES string of the molecule is CC(C)(C)OC(=O)N(CC(=O)O)Cc1ccc(F)c(F)c1. The van der Waals surface area contributed by atoms with Crippen LogP contribution in [0.1, 0.15) is 26.3 Å². The molecule has 1 rings (SSSR count). The molecule has 0 bridgehead atoms. The molecule has 0 aliphatic carbocycles. The lowest BCUT2D eigenvalue weighted by molar-refractivity contribution is -0.138. The van der Waals surface area contributed by atoms with Crippen LogP contribution in [-0.2, 0) is 16.1 Å². The fraction of sp³-hybridized carbons (Fsp3) is 0.429. The average Bonchev–Trinajstić information content (AvgIpc) is 2.30. The summed E-state index contributed by atoms with van der Waals surface area (Å²) in [5, 5.41) is 8.82. The molecule has 0 spiro atoms. The molecular formula is C14H17F2NO4. The fourth-order valence-corrected chi connectivity index (χ4v) is 1.53. The van der Waals surface area contributed by atoms with Crippen molar-refractivity contribution in [3.8, 4) is 0 Å². The summed E-state index contributed by atoms with van der Waals surface area (Å²) in [7, 11) is 0. The summed E-state index contributed by atoms with van der Waals surface area (Å²) < 4.78 is 31.1. The van der Waals surface area contributed by atoms with E-state index in [2.05, 4.69) is 0 Å². The first-order valence-electron chi connectivity index (χ1n) is 6.22. The first kappa shape index (κ1) is 16.9. The number of halogens is 2. The van der Waals surface area contributed by atoms with Crippen LogP contribution in [0.25, 0.3) is 0 Å². The number of rotatable bonds is 4. The van der Waals surface area contributed by atoms with Gasteiger partial charge in [0.15, 0.2) is 11.6 Å². The normalized spacial score (nSPS) is 11.1. The predicted molar refractivity (Wildman–Crippen MR) is 70.6 cm³/mol. The monoisotopic (exact) mass is 301 g/mol. The molecule has 0 radical (unpaired) electrons. The third kappa shape index (κ3) is 5.76. The van der Waals surface area contributed by atoms with Crippen molar-refractivity contribution in [3.05, 3.63) is 35.4 Å². The highest BCUT2D eigenvalue weighted by atomic mass is 19.2. The van der Waals surface area contributed by atoms with Crippen molar-refractivity contribution in [2.45, 2.75) is 32.9 Å². The first-order chi connectivity index (χ1) is 9.58. The lowest BCUT2D eigenvalue weighted by Gasteiger charge is -2.26. The van der Waals surface area contributed by atoms with Crippen LogP contribution in [0.2, 0.25) is 0 Å². The number of benzene rings is 1. The maximum atomic E-state index is 13.1. The molecular weight excluding hydrogens is 284 g/mol. The number of nitrogens with zero attached hydrogens (tertiary/aromatic N) is 1. The van der Waals surface area contributed by atoms with Crippen LogP contribution in [0.3, 0.4) is 0 Å². The number of carbonyl (C=O) groups is 2. The number of carboxylic acids is 1. The number of ether oxygens (including phenoxy) is 1. The molecule has 1 N–H and O–H groups in total. The summed E-state index contributed by atoms with van der Waals surface area (Å²) in [4.78, 5) is 23.6. The number of aliphatic carboxylic acids is 1. The summed E-state index contributed by atoms with van der Waals surface area (Å²) in [6, 6.07) is 3.10. The van der Waals surface area contributed by atoms with Gasteiger partial charge >= 0.3 is 12.1 Å². The second-order valence-corrected chi connectivity index (χ2v) is 5.48. The molecule has 0 saturated heterocycles. The van der Waals surface area contributed by atoms with Crippen LogP contribution in [-0.4, -0.2) is 34.2 Å². The third-order valence-corrected chi connectivity index (χ3v) is 2.34. The highest BCUT2D eigenvalue weighted by Gasteiger charge is 2.24. The molecule has 1 amide bonds. The Morgan fingerprint density at radius 1 is 1.24 bits per heavy atom. The minimum atomic E-state index is -1.23. The van der Waals surface area contributed by atoms with Gasteiger partial charge in [0.25, 0.3) is 0 Å². The average molecular weight is 301 g/mol. The van der Waals surface area contributed by atoms with Crippen LogP contribution in [0, 0.1) is 11.6 Å². The van der Waals surface area contributed by atoms with Crippen molar-refractivity contribution in [3.63, 3.8) is 0 Å². The second-order valence-electron chi connectivity index (χ2n) is 5.48. The number of carbonyl (C=O) groups excluding carboxylic acids is 1. The fourth-order valence-electron chi connectivity index (χ4n) is 1.53. The molecule has 21 heavy (non-hydrogen) atoms. The molecule has 0 atom stereocenters. The number of amides is 1. The highest BCUT2D eigenvalue weighted by Crippen LogP contribution is 2.14. The Morgan fingerprint density at radius 3 is 2.33 bits per heavy atom. The lowest BCUT2D eigenvalue weighted by Crippen LogP contribution is -2.39. The summed E-state index contributed by atoms with van der Waals surface area (Å²) in [6.45, 7) is 4.12. The molecule has 5 nitrogen and oxygen atoms in total. The Hall–Kier alpha value is -2.18. The van der Waals surface area contributed by atoms with E-state index in [1.54, 1.807) is 20.8 Å². The van der Waals surface area contributed by atoms with Gasteiger partial charge in [-0.1, -0.05) is 6.07 Å². The van der Waals surface area contributed by atoms with Gasteiger partial charge in [-0.05, 0) is 38.5 Å². The maximum Gasteiger partial charge on any atom is 0.411 e. The molecule has 0 heterocycles. The molecule has 0 aliphatic rings. The lowest BCUT2D eigenvalue weighted by atomic mass is 10.2. The zero-order valence-electron chi connectivity index (χ0n) is 12.0. The summed E-state index contributed by atoms with van der Waals surface area (Å²) in [5.41, 5.74) is -0.525. The van der Waals surface area contributed by atoms with E-state index in [9.17, 15) is 18.4 Å². The van der Waals surface area contributed by atoms with Gasteiger partial charge in [-0.2, -0.15) is 0 Å². The minimum Gasteiger partial charge on any atom is -0.480 e. The van der Waals surface area contributed by atoms with Crippen molar-refractivity contribution in [2.24, 2.45) is 0 Å². The van der Waals surface area contributed by atoms with Crippen molar-refractivity contribution in [2.75, 3.05) is 6.54 Å². The Morgan fingerprint density at radius 2 is 1.86 bits per heavy atom. The molecule has 0 unspecified atom stereocenters. The standard InChI is InChI=1S/C14H17F2NO4/c1-14(2,3)21-13(20)17(8-12(18)19)7-9-4-5-10(15)11(16)6-9/h4-6H,7-8H2,1-3H3,(H,18,19). The largest absolute Gasteiger partial charge is 0.480 e. The van der Waals surface area contributed by atoms with Gasteiger partial charge in [-0.15, -0.1) is 0 Å². The molecule has 0 saturated carbocycles. The summed E-state index contributed by atoms with van der Waals surface area (Å²) >= 11 is 0. The Kier molecular flexibility index (Phi) is 5.23. The maximum absolute atomic E-state index is 13.1. The van der Waals surface area contributed by atoms with Crippen LogP contribution >= 0.6 is 0 Å². The molecule has 7 heteroatoms. The van der Waals surface area contributed by atoms with Crippen molar-refractivity contribution in [1.82, 2.24) is 4.90 Å². The molecule has 0 aliphatic heterocycles. The van der Waals surface area contributed by atoms with Crippen LogP contribution in [0.5, 0.6) is 0 Å². The summed E-state index contributed by atoms with van der Waals surface area (Å²) in [5.74, 6) is -3.31. The number of carboxylic acid groups (broad SMARTS) is 1. The van der Waals surface area contributed by atoms with E-state index in [-0.39, 0.29) is 12.1 Å². The van der Waals surface area contributed by atoms with Crippen LogP contribution in [0.4, 0.5) is 13.6 Å². The Bertz CT molecular complexity index is 540. The van der Waals surface area contributed by atoms with E-state index >= 15 is 0 Å². The molecule has 0 fully saturated rings. The van der Waals surface area contributed by atoms with Gasteiger partial charge in [0.1, 0.15) is 12.1 Å². The van der Waals surface area contributed by atoms with Crippen LogP contribution in [0.15, 0.2) is 18.2 Å². The number of hydrogen-bond acceptors (Lipinski definition) is 3. The van der Waals surface area contributed by atoms with E-state index in [1.807, 2.05) is 0 Å². The van der Waals surface area contributed by atoms with Gasteiger partial charge in [-0.25, -0.2) is 13.6 Å². The van der Waals surface area contributed by atoms with Gasteiger partial charge in [0.2, 0.25) is 0 Å². The quantitative estimate of drug-likeness (QED) is 0.928. The smallest absolute Gasteiger partial charge is 0.411 e. The first-order valence-corrected chi connectivity index (χ1v) is 6.22. The van der Waals surface area contributed by atoms with Gasteiger partial charge in [-0.3, -0.25) is 9.69 Å². The topological polar surface area (TPSA) is 66.8 Å². The van der Waals surface area contributed by atoms with E-state index in [1.165, 1.54) is 6.07 Å². The van der Waals surface area contributed by atoms with Crippen molar-refractivity contribution >= 4 is 12.1 Å². The van der Waals surface area contributed by atoms with E-state index in [0.29, 0.717) is 0 Å². The molecule has 1 aromatic carbocycles. The Balaban J connectivity index is 2.89. The van der Waals surface area contributed by atoms with E-state index in [4.69, 9.17) is 9.84 Å². The minimum absolute atomic E-state index is 0.196. The van der Waals surface area contributed by atoms with E-state index in [0.717, 1.165) is 17.0 Å². The van der Waals surface area contributed by atoms with Crippen molar-refractivity contribution in [1.29, 1.82) is 0 Å². The molecule has 1 aromatic rings. The Labute approximate surface area is 121 Å². The second kappa shape index (κ2) is 6.51. The van der Waals surface area contributed by atoms with Gasteiger partial charge < -0.3 is 9.84 Å². The predicted octanol–water partition coefficient (Wildman–Crippen LogP) is 2.79. The number of hydrogen-bond donors (Lipinski definition) is 1. The van der Waals surface area contributed by atoms with Gasteiger partial charge in [0.05, 0.1) is 0 Å². The zero-order chi connectivity index (χ0) is 16.2. The van der Waals surface area contributed by atoms with Crippen LogP contribution < -0.4 is 0 Å². The molecule has 116 valence electrons. The molecule has 0 aromatic heterocycles. The van der Waals surface area contributed by atoms with Gasteiger partial charge in [0, 0.05) is 6.54 Å². The highest BCUT2D eigenvalue weighted by molar-refractivity contribution is 5.76.